The molecule has 44 heavy (non-hydrogen) atoms. The van der Waals surface area contributed by atoms with Crippen molar-refractivity contribution in [2.24, 2.45) is 5.92 Å². The highest BCUT2D eigenvalue weighted by Gasteiger charge is 2.29. The number of benzene rings is 2. The Kier molecular flexibility index (Phi) is 9.31. The molecule has 1 aromatic heterocycles. The van der Waals surface area contributed by atoms with Crippen molar-refractivity contribution in [3.63, 3.8) is 0 Å². The third-order valence-corrected chi connectivity index (χ3v) is 9.26. The Bertz CT molecular complexity index is 1440. The first kappa shape index (κ1) is 29.9. The summed E-state index contributed by atoms with van der Waals surface area (Å²) in [5, 5.41) is 3.10. The number of Topliss-reactive ketones (excluding diaryl/α,β-unsaturated/α-hetero) is 1. The summed E-state index contributed by atoms with van der Waals surface area (Å²) in [5.41, 5.74) is 3.72. The second-order valence-electron chi connectivity index (χ2n) is 12.3. The summed E-state index contributed by atoms with van der Waals surface area (Å²) in [5.74, 6) is -0.542. The lowest BCUT2D eigenvalue weighted by atomic mass is 9.88. The molecule has 1 N–H and O–H groups in total. The average molecular weight is 598 g/mol. The van der Waals surface area contributed by atoms with E-state index in [1.54, 1.807) is 17.0 Å². The van der Waals surface area contributed by atoms with Crippen molar-refractivity contribution >= 4 is 23.3 Å². The van der Waals surface area contributed by atoms with Gasteiger partial charge in [-0.05, 0) is 92.6 Å². The van der Waals surface area contributed by atoms with E-state index in [2.05, 4.69) is 20.1 Å². The Morgan fingerprint density at radius 2 is 1.43 bits per heavy atom. The van der Waals surface area contributed by atoms with Crippen LogP contribution in [-0.2, 0) is 6.54 Å². The summed E-state index contributed by atoms with van der Waals surface area (Å²) in [4.78, 5) is 49.9. The summed E-state index contributed by atoms with van der Waals surface area (Å²) in [6.45, 7) is 5.62. The van der Waals surface area contributed by atoms with E-state index in [9.17, 15) is 18.8 Å². The van der Waals surface area contributed by atoms with E-state index in [-0.39, 0.29) is 35.4 Å². The number of aromatic nitrogens is 1. The van der Waals surface area contributed by atoms with E-state index < -0.39 is 0 Å². The van der Waals surface area contributed by atoms with Crippen molar-refractivity contribution in [2.45, 2.75) is 51.1 Å². The fourth-order valence-electron chi connectivity index (χ4n) is 6.56. The predicted octanol–water partition coefficient (Wildman–Crippen LogP) is 4.95. The molecule has 0 atom stereocenters. The molecule has 2 aromatic carbocycles. The van der Waals surface area contributed by atoms with Crippen LogP contribution in [0.2, 0.25) is 0 Å². The van der Waals surface area contributed by atoms with E-state index in [1.165, 1.54) is 36.9 Å². The number of hydrogen-bond acceptors (Lipinski definition) is 6. The summed E-state index contributed by atoms with van der Waals surface area (Å²) in [6.07, 6.45) is 6.82. The quantitative estimate of drug-likeness (QED) is 0.370. The highest BCUT2D eigenvalue weighted by atomic mass is 19.1. The molecule has 3 aromatic rings. The first-order valence-corrected chi connectivity index (χ1v) is 15.8. The van der Waals surface area contributed by atoms with E-state index in [1.807, 2.05) is 36.4 Å². The molecule has 3 aliphatic heterocycles. The van der Waals surface area contributed by atoms with Gasteiger partial charge in [-0.15, -0.1) is 0 Å². The van der Waals surface area contributed by atoms with Crippen LogP contribution in [-0.4, -0.2) is 77.7 Å². The number of amides is 2. The fourth-order valence-corrected chi connectivity index (χ4v) is 6.56. The van der Waals surface area contributed by atoms with Crippen molar-refractivity contribution < 1.29 is 18.8 Å². The number of nitrogens with one attached hydrogen (secondary N) is 1. The minimum absolute atomic E-state index is 0.0697. The van der Waals surface area contributed by atoms with Gasteiger partial charge in [0.25, 0.3) is 11.8 Å². The second kappa shape index (κ2) is 13.7. The highest BCUT2D eigenvalue weighted by molar-refractivity contribution is 5.99. The number of hydrogen-bond donors (Lipinski definition) is 1. The number of halogens is 1. The number of likely N-dealkylation sites (tertiary alicyclic amines) is 2. The number of pyridine rings is 1. The van der Waals surface area contributed by atoms with Crippen LogP contribution in [0.25, 0.3) is 0 Å². The van der Waals surface area contributed by atoms with Gasteiger partial charge < -0.3 is 15.1 Å². The molecule has 0 unspecified atom stereocenters. The maximum atomic E-state index is 13.2. The lowest BCUT2D eigenvalue weighted by Gasteiger charge is -2.32. The Balaban J connectivity index is 0.944. The molecule has 0 spiro atoms. The molecule has 0 bridgehead atoms. The Hall–Kier alpha value is -4.11. The van der Waals surface area contributed by atoms with Gasteiger partial charge in [0, 0.05) is 75.2 Å². The molecule has 3 aliphatic rings. The standard InChI is InChI=1S/C35H40FN5O3/c36-29-8-3-25(4-9-29)24-39-19-15-30(16-20-39)38-34(43)28-7-12-32(37-23-28)35(44)41-21-13-27(14-22-41)33(42)26-5-10-31(11-6-26)40-17-1-2-18-40/h3-12,23,27,30H,1-2,13-22,24H2,(H,38,43). The lowest BCUT2D eigenvalue weighted by molar-refractivity contribution is 0.0645. The molecule has 0 radical (unpaired) electrons. The summed E-state index contributed by atoms with van der Waals surface area (Å²) < 4.78 is 13.2. The third-order valence-electron chi connectivity index (χ3n) is 9.26. The maximum Gasteiger partial charge on any atom is 0.272 e. The van der Waals surface area contributed by atoms with Gasteiger partial charge in [0.2, 0.25) is 0 Å². The minimum atomic E-state index is -0.232. The zero-order valence-electron chi connectivity index (χ0n) is 25.1. The zero-order valence-corrected chi connectivity index (χ0v) is 25.1. The molecule has 0 saturated carbocycles. The smallest absolute Gasteiger partial charge is 0.272 e. The molecule has 0 aliphatic carbocycles. The number of carbonyl (C=O) groups is 3. The highest BCUT2D eigenvalue weighted by Crippen LogP contribution is 2.26. The van der Waals surface area contributed by atoms with Gasteiger partial charge in [-0.1, -0.05) is 12.1 Å². The number of rotatable bonds is 8. The predicted molar refractivity (Wildman–Crippen MR) is 167 cm³/mol. The molecule has 2 amide bonds. The van der Waals surface area contributed by atoms with Crippen LogP contribution in [0.15, 0.2) is 66.9 Å². The maximum absolute atomic E-state index is 13.2. The first-order chi connectivity index (χ1) is 21.4. The van der Waals surface area contributed by atoms with Crippen molar-refractivity contribution in [3.8, 4) is 0 Å². The van der Waals surface area contributed by atoms with Crippen LogP contribution in [0.3, 0.4) is 0 Å². The summed E-state index contributed by atoms with van der Waals surface area (Å²) in [6, 6.07) is 17.9. The van der Waals surface area contributed by atoms with E-state index in [4.69, 9.17) is 0 Å². The lowest BCUT2D eigenvalue weighted by Crippen LogP contribution is -2.44. The fraction of sp³-hybridized carbons (Fsp3) is 0.429. The Morgan fingerprint density at radius 3 is 2.07 bits per heavy atom. The summed E-state index contributed by atoms with van der Waals surface area (Å²) >= 11 is 0. The molecule has 9 heteroatoms. The van der Waals surface area contributed by atoms with Gasteiger partial charge >= 0.3 is 0 Å². The van der Waals surface area contributed by atoms with Gasteiger partial charge in [-0.2, -0.15) is 0 Å². The number of anilines is 1. The van der Waals surface area contributed by atoms with Crippen molar-refractivity contribution in [2.75, 3.05) is 44.2 Å². The monoisotopic (exact) mass is 597 g/mol. The van der Waals surface area contributed by atoms with Crippen LogP contribution in [0.4, 0.5) is 10.1 Å². The van der Waals surface area contributed by atoms with Crippen molar-refractivity contribution in [1.29, 1.82) is 0 Å². The van der Waals surface area contributed by atoms with Gasteiger partial charge in [0.1, 0.15) is 11.5 Å². The van der Waals surface area contributed by atoms with E-state index in [0.717, 1.165) is 56.7 Å². The molecule has 4 heterocycles. The largest absolute Gasteiger partial charge is 0.372 e. The average Bonchev–Trinajstić information content (AvgIpc) is 3.62. The van der Waals surface area contributed by atoms with Gasteiger partial charge in [0.15, 0.2) is 5.78 Å². The van der Waals surface area contributed by atoms with Crippen molar-refractivity contribution in [1.82, 2.24) is 20.1 Å². The molecular weight excluding hydrogens is 557 g/mol. The van der Waals surface area contributed by atoms with Crippen LogP contribution >= 0.6 is 0 Å². The second-order valence-corrected chi connectivity index (χ2v) is 12.3. The van der Waals surface area contributed by atoms with Crippen LogP contribution in [0.5, 0.6) is 0 Å². The molecule has 230 valence electrons. The van der Waals surface area contributed by atoms with E-state index in [0.29, 0.717) is 37.2 Å². The Morgan fingerprint density at radius 1 is 0.773 bits per heavy atom. The minimum Gasteiger partial charge on any atom is -0.372 e. The number of carbonyl (C=O) groups excluding carboxylic acids is 3. The van der Waals surface area contributed by atoms with Crippen molar-refractivity contribution in [3.05, 3.63) is 95.1 Å². The van der Waals surface area contributed by atoms with Crippen LogP contribution in [0, 0.1) is 11.7 Å². The van der Waals surface area contributed by atoms with Gasteiger partial charge in [0.05, 0.1) is 5.56 Å². The van der Waals surface area contributed by atoms with Gasteiger partial charge in [-0.3, -0.25) is 24.3 Å². The van der Waals surface area contributed by atoms with Crippen LogP contribution in [0.1, 0.15) is 75.3 Å². The molecular formula is C35H40FN5O3. The molecule has 3 saturated heterocycles. The van der Waals surface area contributed by atoms with E-state index >= 15 is 0 Å². The Labute approximate surface area is 258 Å². The molecule has 3 fully saturated rings. The topological polar surface area (TPSA) is 85.8 Å². The normalized spacial score (nSPS) is 18.4. The first-order valence-electron chi connectivity index (χ1n) is 15.8. The summed E-state index contributed by atoms with van der Waals surface area (Å²) in [7, 11) is 0. The van der Waals surface area contributed by atoms with Crippen LogP contribution < -0.4 is 10.2 Å². The number of nitrogens with zero attached hydrogens (tertiary/aromatic N) is 4. The molecule has 8 nitrogen and oxygen atoms in total. The zero-order chi connectivity index (χ0) is 30.5. The SMILES string of the molecule is O=C(NC1CCN(Cc2ccc(F)cc2)CC1)c1ccc(C(=O)N2CCC(C(=O)c3ccc(N4CCCC4)cc3)CC2)nc1. The number of piperidine rings is 2. The molecule has 6 rings (SSSR count). The van der Waals surface area contributed by atoms with Gasteiger partial charge in [-0.25, -0.2) is 4.39 Å². The number of ketones is 1. The third kappa shape index (κ3) is 7.16.